The third-order valence-corrected chi connectivity index (χ3v) is 6.89. The number of carbonyl (C=O) groups excluding carboxylic acids is 1. The van der Waals surface area contributed by atoms with Gasteiger partial charge in [0.1, 0.15) is 0 Å². The number of aryl methyl sites for hydroxylation is 1. The topological polar surface area (TPSA) is 102 Å². The number of rotatable bonds is 6. The van der Waals surface area contributed by atoms with Crippen molar-refractivity contribution in [3.05, 3.63) is 53.6 Å². The zero-order chi connectivity index (χ0) is 20.9. The number of sulfonamides is 1. The largest absolute Gasteiger partial charge is 0.376 e. The smallest absolute Gasteiger partial charge is 0.243 e. The number of nitrogens with one attached hydrogen (secondary N) is 2. The van der Waals surface area contributed by atoms with Crippen LogP contribution in [0, 0.1) is 18.3 Å². The Morgan fingerprint density at radius 2 is 1.86 bits per heavy atom. The molecule has 3 rings (SSSR count). The molecule has 7 nitrogen and oxygen atoms in total. The van der Waals surface area contributed by atoms with Gasteiger partial charge in [0.05, 0.1) is 23.1 Å². The highest BCUT2D eigenvalue weighted by atomic mass is 32.2. The Morgan fingerprint density at radius 3 is 2.59 bits per heavy atom. The molecule has 152 valence electrons. The summed E-state index contributed by atoms with van der Waals surface area (Å²) >= 11 is 0. The summed E-state index contributed by atoms with van der Waals surface area (Å²) in [7, 11) is -3.58. The van der Waals surface area contributed by atoms with Gasteiger partial charge in [0, 0.05) is 24.5 Å². The molecule has 0 aliphatic carbocycles. The van der Waals surface area contributed by atoms with Crippen molar-refractivity contribution in [1.82, 2.24) is 4.31 Å². The fraction of sp³-hybridized carbons (Fsp3) is 0.333. The Bertz CT molecular complexity index is 1040. The number of nitriles is 1. The number of amides is 1. The average molecular weight is 413 g/mol. The third-order valence-electron chi connectivity index (χ3n) is 4.85. The van der Waals surface area contributed by atoms with Crippen molar-refractivity contribution in [2.45, 2.75) is 31.1 Å². The normalized spacial score (nSPS) is 14.8. The summed E-state index contributed by atoms with van der Waals surface area (Å²) in [5.41, 5.74) is 2.25. The molecule has 2 aromatic rings. The van der Waals surface area contributed by atoms with Crippen molar-refractivity contribution >= 4 is 27.3 Å². The maximum absolute atomic E-state index is 13.0. The van der Waals surface area contributed by atoms with E-state index < -0.39 is 10.0 Å². The van der Waals surface area contributed by atoms with Crippen LogP contribution in [0.3, 0.4) is 0 Å². The molecule has 0 radical (unpaired) electrons. The fourth-order valence-electron chi connectivity index (χ4n) is 3.29. The second-order valence-corrected chi connectivity index (χ2v) is 8.95. The van der Waals surface area contributed by atoms with Gasteiger partial charge in [-0.1, -0.05) is 18.6 Å². The van der Waals surface area contributed by atoms with Gasteiger partial charge in [-0.25, -0.2) is 8.42 Å². The minimum absolute atomic E-state index is 0.00301. The second-order valence-electron chi connectivity index (χ2n) is 7.04. The van der Waals surface area contributed by atoms with E-state index in [1.54, 1.807) is 43.3 Å². The zero-order valence-corrected chi connectivity index (χ0v) is 17.1. The predicted molar refractivity (Wildman–Crippen MR) is 112 cm³/mol. The minimum atomic E-state index is -3.58. The summed E-state index contributed by atoms with van der Waals surface area (Å²) < 4.78 is 27.5. The molecule has 0 unspecified atom stereocenters. The van der Waals surface area contributed by atoms with Gasteiger partial charge in [0.15, 0.2) is 0 Å². The van der Waals surface area contributed by atoms with E-state index in [0.717, 1.165) is 19.3 Å². The van der Waals surface area contributed by atoms with Gasteiger partial charge >= 0.3 is 0 Å². The second kappa shape index (κ2) is 9.07. The van der Waals surface area contributed by atoms with Crippen LogP contribution >= 0.6 is 0 Å². The molecule has 8 heteroatoms. The van der Waals surface area contributed by atoms with Crippen LogP contribution in [0.2, 0.25) is 0 Å². The summed E-state index contributed by atoms with van der Waals surface area (Å²) in [6, 6.07) is 13.8. The maximum Gasteiger partial charge on any atom is 0.243 e. The average Bonchev–Trinajstić information content (AvgIpc) is 2.74. The van der Waals surface area contributed by atoms with Gasteiger partial charge in [-0.05, 0) is 55.7 Å². The molecule has 1 heterocycles. The molecule has 0 atom stereocenters. The summed E-state index contributed by atoms with van der Waals surface area (Å²) in [4.78, 5) is 12.5. The molecule has 0 bridgehead atoms. The van der Waals surface area contributed by atoms with Crippen molar-refractivity contribution in [2.24, 2.45) is 0 Å². The minimum Gasteiger partial charge on any atom is -0.376 e. The van der Waals surface area contributed by atoms with Crippen molar-refractivity contribution in [3.63, 3.8) is 0 Å². The van der Waals surface area contributed by atoms with Crippen LogP contribution in [0.4, 0.5) is 11.4 Å². The lowest BCUT2D eigenvalue weighted by molar-refractivity contribution is -0.114. The predicted octanol–water partition coefficient (Wildman–Crippen LogP) is 3.09. The van der Waals surface area contributed by atoms with E-state index in [1.807, 2.05) is 6.07 Å². The Balaban J connectivity index is 1.69. The number of nitrogens with zero attached hydrogens (tertiary/aromatic N) is 2. The van der Waals surface area contributed by atoms with Crippen LogP contribution in [0.5, 0.6) is 0 Å². The van der Waals surface area contributed by atoms with E-state index in [9.17, 15) is 13.2 Å². The molecule has 1 aliphatic heterocycles. The van der Waals surface area contributed by atoms with Crippen LogP contribution in [-0.4, -0.2) is 38.3 Å². The van der Waals surface area contributed by atoms with E-state index in [4.69, 9.17) is 5.26 Å². The van der Waals surface area contributed by atoms with Crippen LogP contribution in [0.1, 0.15) is 30.4 Å². The molecule has 0 aromatic heterocycles. The van der Waals surface area contributed by atoms with Gasteiger partial charge in [-0.15, -0.1) is 0 Å². The summed E-state index contributed by atoms with van der Waals surface area (Å²) in [5, 5.41) is 14.6. The SMILES string of the molecule is Cc1ccc(NC(=O)CNc2cccc(C#N)c2)cc1S(=O)(=O)N1CCCCC1. The molecular formula is C21H24N4O3S. The number of hydrogen-bond acceptors (Lipinski definition) is 5. The van der Waals surface area contributed by atoms with E-state index in [1.165, 1.54) is 10.4 Å². The molecule has 1 fully saturated rings. The first-order chi connectivity index (χ1) is 13.9. The molecule has 0 spiro atoms. The lowest BCUT2D eigenvalue weighted by Crippen LogP contribution is -2.36. The van der Waals surface area contributed by atoms with Crippen LogP contribution in [-0.2, 0) is 14.8 Å². The molecule has 1 amide bonds. The van der Waals surface area contributed by atoms with E-state index >= 15 is 0 Å². The Morgan fingerprint density at radius 1 is 1.10 bits per heavy atom. The third kappa shape index (κ3) is 5.13. The summed E-state index contributed by atoms with van der Waals surface area (Å²) in [6.07, 6.45) is 2.78. The molecular weight excluding hydrogens is 388 g/mol. The number of carbonyl (C=O) groups is 1. The monoisotopic (exact) mass is 412 g/mol. The molecule has 0 saturated carbocycles. The van der Waals surface area contributed by atoms with Gasteiger partial charge in [0.2, 0.25) is 15.9 Å². The highest BCUT2D eigenvalue weighted by Gasteiger charge is 2.27. The van der Waals surface area contributed by atoms with Crippen molar-refractivity contribution in [3.8, 4) is 6.07 Å². The van der Waals surface area contributed by atoms with Crippen molar-refractivity contribution in [1.29, 1.82) is 5.26 Å². The van der Waals surface area contributed by atoms with Gasteiger partial charge in [-0.2, -0.15) is 9.57 Å². The number of piperidine rings is 1. The van der Waals surface area contributed by atoms with Crippen LogP contribution in [0.15, 0.2) is 47.4 Å². The van der Waals surface area contributed by atoms with Gasteiger partial charge in [0.25, 0.3) is 0 Å². The van der Waals surface area contributed by atoms with Crippen molar-refractivity contribution < 1.29 is 13.2 Å². The highest BCUT2D eigenvalue weighted by Crippen LogP contribution is 2.26. The molecule has 2 N–H and O–H groups in total. The Labute approximate surface area is 171 Å². The molecule has 1 saturated heterocycles. The first-order valence-electron chi connectivity index (χ1n) is 9.55. The lowest BCUT2D eigenvalue weighted by Gasteiger charge is -2.26. The van der Waals surface area contributed by atoms with Crippen LogP contribution in [0.25, 0.3) is 0 Å². The number of hydrogen-bond donors (Lipinski definition) is 2. The Hall–Kier alpha value is -2.89. The van der Waals surface area contributed by atoms with E-state index in [2.05, 4.69) is 10.6 Å². The Kier molecular flexibility index (Phi) is 6.52. The van der Waals surface area contributed by atoms with Crippen LogP contribution < -0.4 is 10.6 Å². The maximum atomic E-state index is 13.0. The van der Waals surface area contributed by atoms with E-state index in [-0.39, 0.29) is 17.3 Å². The zero-order valence-electron chi connectivity index (χ0n) is 16.3. The lowest BCUT2D eigenvalue weighted by atomic mass is 10.2. The highest BCUT2D eigenvalue weighted by molar-refractivity contribution is 7.89. The summed E-state index contributed by atoms with van der Waals surface area (Å²) in [6.45, 7) is 2.82. The first-order valence-corrected chi connectivity index (χ1v) is 11.0. The molecule has 29 heavy (non-hydrogen) atoms. The quantitative estimate of drug-likeness (QED) is 0.759. The standard InChI is InChI=1S/C21H24N4O3S/c1-16-8-9-19(13-20(16)29(27,28)25-10-3-2-4-11-25)24-21(26)15-23-18-7-5-6-17(12-18)14-22/h5-9,12-13,23H,2-4,10-11,15H2,1H3,(H,24,26). The first kappa shape index (κ1) is 20.8. The molecule has 1 aliphatic rings. The number of benzene rings is 2. The van der Waals surface area contributed by atoms with Crippen molar-refractivity contribution in [2.75, 3.05) is 30.3 Å². The summed E-state index contributed by atoms with van der Waals surface area (Å²) in [5.74, 6) is -0.308. The van der Waals surface area contributed by atoms with Gasteiger partial charge < -0.3 is 10.6 Å². The van der Waals surface area contributed by atoms with Gasteiger partial charge in [-0.3, -0.25) is 4.79 Å². The number of anilines is 2. The molecule has 2 aromatic carbocycles. The fourth-order valence-corrected chi connectivity index (χ4v) is 5.05. The van der Waals surface area contributed by atoms with E-state index in [0.29, 0.717) is 35.6 Å².